The highest BCUT2D eigenvalue weighted by Gasteiger charge is 2.13. The Labute approximate surface area is 138 Å². The zero-order valence-corrected chi connectivity index (χ0v) is 13.1. The van der Waals surface area contributed by atoms with Crippen LogP contribution in [0.1, 0.15) is 15.9 Å². The first kappa shape index (κ1) is 17.1. The van der Waals surface area contributed by atoms with Crippen LogP contribution in [0, 0.1) is 0 Å². The van der Waals surface area contributed by atoms with Gasteiger partial charge in [0, 0.05) is 11.6 Å². The molecule has 6 nitrogen and oxygen atoms in total. The van der Waals surface area contributed by atoms with Crippen LogP contribution in [0.2, 0.25) is 5.02 Å². The van der Waals surface area contributed by atoms with Crippen molar-refractivity contribution in [3.63, 3.8) is 0 Å². The molecular weight excluding hydrogens is 320 g/mol. The van der Waals surface area contributed by atoms with Crippen LogP contribution in [0.15, 0.2) is 42.5 Å². The molecule has 0 radical (unpaired) electrons. The second-order valence-electron chi connectivity index (χ2n) is 4.62. The molecule has 2 rings (SSSR count). The van der Waals surface area contributed by atoms with E-state index in [1.54, 1.807) is 36.4 Å². The average Bonchev–Trinajstić information content (AvgIpc) is 2.53. The zero-order valence-electron chi connectivity index (χ0n) is 12.3. The number of halogens is 1. The van der Waals surface area contributed by atoms with Crippen molar-refractivity contribution in [2.24, 2.45) is 0 Å². The van der Waals surface area contributed by atoms with E-state index in [-0.39, 0.29) is 12.5 Å². The Morgan fingerprint density at radius 3 is 2.52 bits per heavy atom. The lowest BCUT2D eigenvalue weighted by Gasteiger charge is -2.10. The minimum atomic E-state index is -1.86. The summed E-state index contributed by atoms with van der Waals surface area (Å²) < 4.78 is 9.84. The third-order valence-corrected chi connectivity index (χ3v) is 3.26. The number of methoxy groups -OCH3 is 1. The van der Waals surface area contributed by atoms with E-state index in [0.29, 0.717) is 22.1 Å². The largest absolute Gasteiger partial charge is 0.707 e. The maximum absolute atomic E-state index is 12.2. The van der Waals surface area contributed by atoms with Gasteiger partial charge in [-0.2, -0.15) is 0 Å². The number of carbonyl (C=O) groups excluding carboxylic acids is 1. The van der Waals surface area contributed by atoms with E-state index < -0.39 is 7.32 Å². The summed E-state index contributed by atoms with van der Waals surface area (Å²) in [5.74, 6) is 0.439. The van der Waals surface area contributed by atoms with Crippen LogP contribution in [-0.4, -0.2) is 30.4 Å². The minimum Gasteiger partial charge on any atom is -0.512 e. The summed E-state index contributed by atoms with van der Waals surface area (Å²) in [6.07, 6.45) is 0. The highest BCUT2D eigenvalue weighted by atomic mass is 35.5. The average molecular weight is 336 g/mol. The van der Waals surface area contributed by atoms with Crippen molar-refractivity contribution >= 4 is 24.8 Å². The summed E-state index contributed by atoms with van der Waals surface area (Å²) in [6.45, 7) is 0.288. The van der Waals surface area contributed by atoms with Crippen LogP contribution in [0.25, 0.3) is 0 Å². The molecular formula is C15H15BClNO5. The standard InChI is InChI=1S/C15H15BClNO5/c1-22-14-7-4-11(17)8-13(14)15(19)18-9-10-2-5-12(6-3-10)23-16(20)21/h2-8,20-21H,9H2,1H3,(H,18,19). The molecule has 8 heteroatoms. The van der Waals surface area contributed by atoms with Crippen molar-refractivity contribution in [2.75, 3.05) is 7.11 Å². The van der Waals surface area contributed by atoms with Crippen molar-refractivity contribution in [1.29, 1.82) is 0 Å². The SMILES string of the molecule is COc1ccc(Cl)cc1C(=O)NCc1ccc(OB(O)O)cc1. The van der Waals surface area contributed by atoms with E-state index in [0.717, 1.165) is 5.56 Å². The molecule has 0 bridgehead atoms. The van der Waals surface area contributed by atoms with Gasteiger partial charge in [0.05, 0.1) is 12.7 Å². The molecule has 120 valence electrons. The molecule has 1 amide bonds. The van der Waals surface area contributed by atoms with E-state index in [4.69, 9.17) is 31.0 Å². The fourth-order valence-corrected chi connectivity index (χ4v) is 2.11. The van der Waals surface area contributed by atoms with Gasteiger partial charge in [-0.1, -0.05) is 23.7 Å². The molecule has 0 saturated heterocycles. The van der Waals surface area contributed by atoms with Crippen LogP contribution in [0.5, 0.6) is 11.5 Å². The number of hydrogen-bond donors (Lipinski definition) is 3. The number of amides is 1. The predicted octanol–water partition coefficient (Wildman–Crippen LogP) is 1.63. The van der Waals surface area contributed by atoms with E-state index in [9.17, 15) is 4.79 Å². The molecule has 0 atom stereocenters. The number of hydrogen-bond acceptors (Lipinski definition) is 5. The molecule has 2 aromatic rings. The molecule has 3 N–H and O–H groups in total. The van der Waals surface area contributed by atoms with Crippen molar-refractivity contribution < 1.29 is 24.2 Å². The highest BCUT2D eigenvalue weighted by Crippen LogP contribution is 2.22. The van der Waals surface area contributed by atoms with Crippen molar-refractivity contribution in [1.82, 2.24) is 5.32 Å². The summed E-state index contributed by atoms with van der Waals surface area (Å²) in [5.41, 5.74) is 1.17. The molecule has 0 aliphatic rings. The maximum Gasteiger partial charge on any atom is 0.707 e. The molecule has 0 fully saturated rings. The van der Waals surface area contributed by atoms with E-state index in [1.165, 1.54) is 13.2 Å². The summed E-state index contributed by atoms with van der Waals surface area (Å²) in [5, 5.41) is 20.6. The third kappa shape index (κ3) is 4.89. The first-order valence-corrected chi connectivity index (χ1v) is 7.11. The molecule has 0 heterocycles. The normalized spacial score (nSPS) is 10.1. The Morgan fingerprint density at radius 1 is 1.22 bits per heavy atom. The Hall–Kier alpha value is -2.22. The third-order valence-electron chi connectivity index (χ3n) is 3.02. The molecule has 0 saturated carbocycles. The van der Waals surface area contributed by atoms with Crippen molar-refractivity contribution in [3.05, 3.63) is 58.6 Å². The van der Waals surface area contributed by atoms with E-state index in [2.05, 4.69) is 5.32 Å². The molecule has 2 aromatic carbocycles. The fourth-order valence-electron chi connectivity index (χ4n) is 1.94. The molecule has 0 spiro atoms. The predicted molar refractivity (Wildman–Crippen MR) is 86.4 cm³/mol. The number of benzene rings is 2. The van der Waals surface area contributed by atoms with Gasteiger partial charge in [0.15, 0.2) is 0 Å². The van der Waals surface area contributed by atoms with Crippen LogP contribution >= 0.6 is 11.6 Å². The van der Waals surface area contributed by atoms with Gasteiger partial charge < -0.3 is 24.8 Å². The van der Waals surface area contributed by atoms with E-state index >= 15 is 0 Å². The smallest absolute Gasteiger partial charge is 0.512 e. The van der Waals surface area contributed by atoms with Crippen LogP contribution in [0.4, 0.5) is 0 Å². The van der Waals surface area contributed by atoms with Gasteiger partial charge >= 0.3 is 7.32 Å². The van der Waals surface area contributed by atoms with E-state index in [1.807, 2.05) is 0 Å². The Kier molecular flexibility index (Phi) is 5.87. The fraction of sp³-hybridized carbons (Fsp3) is 0.133. The Balaban J connectivity index is 2.00. The van der Waals surface area contributed by atoms with Crippen LogP contribution < -0.4 is 14.7 Å². The lowest BCUT2D eigenvalue weighted by molar-refractivity contribution is 0.0948. The first-order valence-electron chi connectivity index (χ1n) is 6.73. The lowest BCUT2D eigenvalue weighted by atomic mass is 10.1. The van der Waals surface area contributed by atoms with Gasteiger partial charge in [-0.3, -0.25) is 4.79 Å². The van der Waals surface area contributed by atoms with Gasteiger partial charge in [0.25, 0.3) is 5.91 Å². The van der Waals surface area contributed by atoms with Gasteiger partial charge in [-0.15, -0.1) is 0 Å². The molecule has 0 unspecified atom stereocenters. The first-order chi connectivity index (χ1) is 11.0. The second-order valence-corrected chi connectivity index (χ2v) is 5.05. The van der Waals surface area contributed by atoms with Gasteiger partial charge in [0.1, 0.15) is 11.5 Å². The zero-order chi connectivity index (χ0) is 16.8. The van der Waals surface area contributed by atoms with Crippen molar-refractivity contribution in [3.8, 4) is 11.5 Å². The summed E-state index contributed by atoms with van der Waals surface area (Å²) in [7, 11) is -0.384. The minimum absolute atomic E-state index is 0.288. The summed E-state index contributed by atoms with van der Waals surface area (Å²) in [6, 6.07) is 11.4. The monoisotopic (exact) mass is 335 g/mol. The molecule has 0 aliphatic heterocycles. The maximum atomic E-state index is 12.2. The highest BCUT2D eigenvalue weighted by molar-refractivity contribution is 6.33. The molecule has 23 heavy (non-hydrogen) atoms. The number of ether oxygens (including phenoxy) is 1. The van der Waals surface area contributed by atoms with Gasteiger partial charge in [-0.05, 0) is 35.9 Å². The summed E-state index contributed by atoms with van der Waals surface area (Å²) >= 11 is 5.90. The Morgan fingerprint density at radius 2 is 1.91 bits per heavy atom. The topological polar surface area (TPSA) is 88.0 Å². The number of carbonyl (C=O) groups is 1. The number of nitrogens with one attached hydrogen (secondary N) is 1. The van der Waals surface area contributed by atoms with Gasteiger partial charge in [-0.25, -0.2) is 0 Å². The quantitative estimate of drug-likeness (QED) is 0.698. The Bertz CT molecular complexity index is 678. The van der Waals surface area contributed by atoms with Crippen molar-refractivity contribution in [2.45, 2.75) is 6.54 Å². The molecule has 0 aliphatic carbocycles. The number of rotatable bonds is 6. The van der Waals surface area contributed by atoms with Crippen LogP contribution in [-0.2, 0) is 6.54 Å². The molecule has 0 aromatic heterocycles. The second kappa shape index (κ2) is 7.87. The van der Waals surface area contributed by atoms with Gasteiger partial charge in [0.2, 0.25) is 0 Å². The summed E-state index contributed by atoms with van der Waals surface area (Å²) in [4.78, 5) is 12.2. The van der Waals surface area contributed by atoms with Crippen LogP contribution in [0.3, 0.4) is 0 Å². The lowest BCUT2D eigenvalue weighted by Crippen LogP contribution is -2.23.